The van der Waals surface area contributed by atoms with Crippen LogP contribution in [0.1, 0.15) is 0 Å². The number of nitroso groups, excluding NO2 is 1. The lowest BCUT2D eigenvalue weighted by Gasteiger charge is -2.05. The normalized spacial score (nSPS) is 9.71. The maximum absolute atomic E-state index is 10.1. The molecule has 0 aliphatic rings. The van der Waals surface area contributed by atoms with Crippen molar-refractivity contribution in [1.29, 1.82) is 0 Å². The molecule has 70 valence electrons. The fraction of sp³-hybridized carbons (Fsp3) is 0. The number of benzene rings is 1. The summed E-state index contributed by atoms with van der Waals surface area (Å²) in [7, 11) is 0. The van der Waals surface area contributed by atoms with E-state index < -0.39 is 0 Å². The van der Waals surface area contributed by atoms with E-state index in [1.165, 1.54) is 0 Å². The number of anilines is 1. The Kier molecular flexibility index (Phi) is 2.22. The molecule has 5 heteroatoms. The molecule has 2 aromatic rings. The highest BCUT2D eigenvalue weighted by atomic mass is 16.3. The van der Waals surface area contributed by atoms with Crippen molar-refractivity contribution in [2.75, 3.05) is 5.43 Å². The van der Waals surface area contributed by atoms with Crippen LogP contribution in [0.5, 0.6) is 0 Å². The van der Waals surface area contributed by atoms with E-state index in [9.17, 15) is 4.91 Å². The molecule has 0 aliphatic heterocycles. The van der Waals surface area contributed by atoms with Crippen LogP contribution < -0.4 is 5.43 Å². The second-order valence-electron chi connectivity index (χ2n) is 2.72. The van der Waals surface area contributed by atoms with Crippen LogP contribution >= 0.6 is 0 Å². The van der Waals surface area contributed by atoms with E-state index in [1.807, 2.05) is 0 Å². The summed E-state index contributed by atoms with van der Waals surface area (Å²) in [6.45, 7) is 0. The Morgan fingerprint density at radius 3 is 2.64 bits per heavy atom. The third-order valence-corrected chi connectivity index (χ3v) is 1.74. The van der Waals surface area contributed by atoms with E-state index in [0.717, 1.165) is 5.69 Å². The predicted octanol–water partition coefficient (Wildman–Crippen LogP) is 2.16. The molecule has 1 N–H and O–H groups in total. The van der Waals surface area contributed by atoms with Gasteiger partial charge in [-0.05, 0) is 29.4 Å². The molecule has 0 spiro atoms. The molecule has 0 bridgehead atoms. The van der Waals surface area contributed by atoms with Gasteiger partial charge < -0.3 is 0 Å². The van der Waals surface area contributed by atoms with Crippen molar-refractivity contribution in [2.24, 2.45) is 5.18 Å². The van der Waals surface area contributed by atoms with Gasteiger partial charge in [0.05, 0.1) is 5.69 Å². The highest BCUT2D eigenvalue weighted by Crippen LogP contribution is 2.15. The van der Waals surface area contributed by atoms with Gasteiger partial charge in [0.25, 0.3) is 0 Å². The van der Waals surface area contributed by atoms with Crippen LogP contribution in [0.15, 0.2) is 48.2 Å². The van der Waals surface area contributed by atoms with E-state index in [-0.39, 0.29) is 0 Å². The molecule has 0 amide bonds. The zero-order valence-electron chi connectivity index (χ0n) is 7.29. The minimum Gasteiger partial charge on any atom is -0.293 e. The number of nitrogens with one attached hydrogen (secondary N) is 1. The minimum atomic E-state index is 0.418. The fourth-order valence-electron chi connectivity index (χ4n) is 1.07. The number of aromatic nitrogens is 2. The van der Waals surface area contributed by atoms with Gasteiger partial charge in [0.1, 0.15) is 12.0 Å². The summed E-state index contributed by atoms with van der Waals surface area (Å²) in [4.78, 5) is 14.0. The summed E-state index contributed by atoms with van der Waals surface area (Å²) in [6.07, 6.45) is 5.10. The van der Waals surface area contributed by atoms with E-state index in [1.54, 1.807) is 47.7 Å². The molecular formula is C9H8N4O. The minimum absolute atomic E-state index is 0.418. The molecule has 1 aromatic heterocycles. The highest BCUT2D eigenvalue weighted by molar-refractivity contribution is 5.50. The lowest BCUT2D eigenvalue weighted by atomic mass is 10.3. The Morgan fingerprint density at radius 1 is 1.29 bits per heavy atom. The van der Waals surface area contributed by atoms with Crippen LogP contribution in [0.3, 0.4) is 0 Å². The number of hydrogen-bond donors (Lipinski definition) is 1. The van der Waals surface area contributed by atoms with Crippen LogP contribution in [-0.4, -0.2) is 9.66 Å². The third-order valence-electron chi connectivity index (χ3n) is 1.74. The van der Waals surface area contributed by atoms with Gasteiger partial charge >= 0.3 is 0 Å². The SMILES string of the molecule is O=Nc1ccc(Nn2ccnc2)cc1. The van der Waals surface area contributed by atoms with Crippen molar-refractivity contribution < 1.29 is 0 Å². The van der Waals surface area contributed by atoms with Gasteiger partial charge in [-0.15, -0.1) is 4.91 Å². The van der Waals surface area contributed by atoms with Crippen LogP contribution in [0.2, 0.25) is 0 Å². The summed E-state index contributed by atoms with van der Waals surface area (Å²) in [6, 6.07) is 6.84. The first-order valence-electron chi connectivity index (χ1n) is 4.07. The molecule has 0 unspecified atom stereocenters. The monoisotopic (exact) mass is 188 g/mol. The Morgan fingerprint density at radius 2 is 2.07 bits per heavy atom. The van der Waals surface area contributed by atoms with Gasteiger partial charge in [-0.3, -0.25) is 10.1 Å². The average Bonchev–Trinajstić information content (AvgIpc) is 2.72. The van der Waals surface area contributed by atoms with Crippen molar-refractivity contribution in [3.63, 3.8) is 0 Å². The van der Waals surface area contributed by atoms with Gasteiger partial charge in [0.15, 0.2) is 0 Å². The van der Waals surface area contributed by atoms with Gasteiger partial charge in [-0.1, -0.05) is 0 Å². The number of rotatable bonds is 3. The average molecular weight is 188 g/mol. The van der Waals surface area contributed by atoms with E-state index in [2.05, 4.69) is 15.6 Å². The first kappa shape index (κ1) is 8.43. The Hall–Kier alpha value is -2.17. The zero-order chi connectivity index (χ0) is 9.80. The van der Waals surface area contributed by atoms with Gasteiger partial charge in [0.2, 0.25) is 0 Å². The van der Waals surface area contributed by atoms with Crippen LogP contribution in [0.4, 0.5) is 11.4 Å². The topological polar surface area (TPSA) is 59.3 Å². The van der Waals surface area contributed by atoms with Crippen LogP contribution in [-0.2, 0) is 0 Å². The maximum Gasteiger partial charge on any atom is 0.114 e. The summed E-state index contributed by atoms with van der Waals surface area (Å²) >= 11 is 0. The molecule has 0 saturated heterocycles. The van der Waals surface area contributed by atoms with Crippen LogP contribution in [0.25, 0.3) is 0 Å². The van der Waals surface area contributed by atoms with Crippen molar-refractivity contribution in [3.8, 4) is 0 Å². The van der Waals surface area contributed by atoms with Crippen LogP contribution in [0, 0.1) is 4.91 Å². The van der Waals surface area contributed by atoms with Gasteiger partial charge in [-0.25, -0.2) is 4.98 Å². The van der Waals surface area contributed by atoms with E-state index >= 15 is 0 Å². The molecule has 0 radical (unpaired) electrons. The molecular weight excluding hydrogens is 180 g/mol. The van der Waals surface area contributed by atoms with Crippen molar-refractivity contribution in [2.45, 2.75) is 0 Å². The number of nitrogens with zero attached hydrogens (tertiary/aromatic N) is 3. The Balaban J connectivity index is 2.14. The summed E-state index contributed by atoms with van der Waals surface area (Å²) in [5.41, 5.74) is 4.33. The smallest absolute Gasteiger partial charge is 0.114 e. The second kappa shape index (κ2) is 3.69. The molecule has 2 rings (SSSR count). The first-order chi connectivity index (χ1) is 6.88. The molecule has 14 heavy (non-hydrogen) atoms. The number of hydrogen-bond acceptors (Lipinski definition) is 4. The van der Waals surface area contributed by atoms with E-state index in [4.69, 9.17) is 0 Å². The van der Waals surface area contributed by atoms with E-state index in [0.29, 0.717) is 5.69 Å². The van der Waals surface area contributed by atoms with Gasteiger partial charge in [0, 0.05) is 12.4 Å². The summed E-state index contributed by atoms with van der Waals surface area (Å²) in [5.74, 6) is 0. The Labute approximate surface area is 80.3 Å². The zero-order valence-corrected chi connectivity index (χ0v) is 7.29. The highest BCUT2D eigenvalue weighted by Gasteiger charge is 1.93. The van der Waals surface area contributed by atoms with Crippen molar-refractivity contribution in [1.82, 2.24) is 9.66 Å². The maximum atomic E-state index is 10.1. The summed E-state index contributed by atoms with van der Waals surface area (Å²) < 4.78 is 1.71. The number of imidazole rings is 1. The largest absolute Gasteiger partial charge is 0.293 e. The second-order valence-corrected chi connectivity index (χ2v) is 2.72. The first-order valence-corrected chi connectivity index (χ1v) is 4.07. The lowest BCUT2D eigenvalue weighted by Crippen LogP contribution is -2.05. The third kappa shape index (κ3) is 1.77. The lowest BCUT2D eigenvalue weighted by molar-refractivity contribution is 0.955. The standard InChI is InChI=1S/C9H8N4O/c14-12-9-3-1-8(2-4-9)11-13-6-5-10-7-13/h1-7,11H. The van der Waals surface area contributed by atoms with Crippen molar-refractivity contribution >= 4 is 11.4 Å². The molecule has 0 aliphatic carbocycles. The molecule has 1 aromatic carbocycles. The molecule has 0 saturated carbocycles. The van der Waals surface area contributed by atoms with Crippen molar-refractivity contribution in [3.05, 3.63) is 47.9 Å². The molecule has 1 heterocycles. The predicted molar refractivity (Wildman–Crippen MR) is 53.1 cm³/mol. The fourth-order valence-corrected chi connectivity index (χ4v) is 1.07. The summed E-state index contributed by atoms with van der Waals surface area (Å²) in [5, 5.41) is 2.81. The van der Waals surface area contributed by atoms with Gasteiger partial charge in [-0.2, -0.15) is 0 Å². The molecule has 0 atom stereocenters. The molecule has 5 nitrogen and oxygen atoms in total. The molecule has 0 fully saturated rings. The quantitative estimate of drug-likeness (QED) is 0.751. The Bertz CT molecular complexity index is 407.